The summed E-state index contributed by atoms with van der Waals surface area (Å²) in [7, 11) is 0.613. The molecule has 32 heavy (non-hydrogen) atoms. The number of hydrogen-bond donors (Lipinski definition) is 0. The summed E-state index contributed by atoms with van der Waals surface area (Å²) in [6.07, 6.45) is 1.26. The summed E-state index contributed by atoms with van der Waals surface area (Å²) < 4.78 is 26.2. The van der Waals surface area contributed by atoms with Crippen molar-refractivity contribution in [1.29, 1.82) is 0 Å². The Morgan fingerprint density at radius 3 is 2.44 bits per heavy atom. The first-order valence-electron chi connectivity index (χ1n) is 10.8. The molecular formula is C24H31N3O3S2. The van der Waals surface area contributed by atoms with Gasteiger partial charge >= 0.3 is 0 Å². The predicted molar refractivity (Wildman–Crippen MR) is 132 cm³/mol. The molecule has 0 saturated carbocycles. The smallest absolute Gasteiger partial charge is 0.228 e. The second kappa shape index (κ2) is 10.6. The summed E-state index contributed by atoms with van der Waals surface area (Å²) in [5.74, 6) is -0.132. The Labute approximate surface area is 194 Å². The van der Waals surface area contributed by atoms with Gasteiger partial charge in [0.1, 0.15) is 0 Å². The number of benzene rings is 2. The predicted octanol–water partition coefficient (Wildman–Crippen LogP) is 4.45. The molecule has 0 radical (unpaired) electrons. The van der Waals surface area contributed by atoms with Gasteiger partial charge in [-0.05, 0) is 76.7 Å². The molecule has 0 fully saturated rings. The standard InChI is InChI=1S/C24H31N3O3S2/c1-18-16-19(2)23-21(17-18)25-24(31-23)27(14-9-13-26(3)4)22(28)12-8-15-32(29,30)20-10-6-5-7-11-20/h5-7,10-11,16-17H,8-9,12-15H2,1-4H3. The van der Waals surface area contributed by atoms with Crippen molar-refractivity contribution in [1.82, 2.24) is 9.88 Å². The molecule has 6 nitrogen and oxygen atoms in total. The van der Waals surface area contributed by atoms with Gasteiger partial charge in [-0.2, -0.15) is 0 Å². The summed E-state index contributed by atoms with van der Waals surface area (Å²) in [4.78, 5) is 22.0. The second-order valence-corrected chi connectivity index (χ2v) is 11.5. The van der Waals surface area contributed by atoms with Crippen molar-refractivity contribution in [2.24, 2.45) is 0 Å². The highest BCUT2D eigenvalue weighted by Crippen LogP contribution is 2.32. The van der Waals surface area contributed by atoms with Crippen molar-refractivity contribution in [3.8, 4) is 0 Å². The van der Waals surface area contributed by atoms with Crippen LogP contribution < -0.4 is 4.90 Å². The van der Waals surface area contributed by atoms with E-state index in [0.717, 1.165) is 34.3 Å². The van der Waals surface area contributed by atoms with Crippen molar-refractivity contribution in [2.45, 2.75) is 38.0 Å². The van der Waals surface area contributed by atoms with E-state index < -0.39 is 9.84 Å². The molecule has 1 aromatic heterocycles. The van der Waals surface area contributed by atoms with Gasteiger partial charge in [0.25, 0.3) is 0 Å². The number of amides is 1. The van der Waals surface area contributed by atoms with Gasteiger partial charge in [-0.1, -0.05) is 35.6 Å². The highest BCUT2D eigenvalue weighted by Gasteiger charge is 2.22. The average molecular weight is 474 g/mol. The molecule has 0 unspecified atom stereocenters. The van der Waals surface area contributed by atoms with Crippen LogP contribution >= 0.6 is 11.3 Å². The Kier molecular flexibility index (Phi) is 8.03. The summed E-state index contributed by atoms with van der Waals surface area (Å²) in [6.45, 7) is 5.51. The zero-order valence-electron chi connectivity index (χ0n) is 19.2. The molecule has 3 aromatic rings. The van der Waals surface area contributed by atoms with Gasteiger partial charge in [-0.3, -0.25) is 9.69 Å². The van der Waals surface area contributed by atoms with E-state index in [1.807, 2.05) is 27.1 Å². The van der Waals surface area contributed by atoms with E-state index in [0.29, 0.717) is 16.6 Å². The van der Waals surface area contributed by atoms with Gasteiger partial charge in [0.15, 0.2) is 15.0 Å². The highest BCUT2D eigenvalue weighted by atomic mass is 32.2. The van der Waals surface area contributed by atoms with Gasteiger partial charge < -0.3 is 4.90 Å². The molecule has 1 amide bonds. The van der Waals surface area contributed by atoms with E-state index in [1.165, 1.54) is 11.3 Å². The Bertz CT molecular complexity index is 1170. The summed E-state index contributed by atoms with van der Waals surface area (Å²) >= 11 is 1.53. The van der Waals surface area contributed by atoms with Crippen LogP contribution in [0.1, 0.15) is 30.4 Å². The van der Waals surface area contributed by atoms with E-state index in [9.17, 15) is 13.2 Å². The minimum atomic E-state index is -3.40. The fourth-order valence-corrected chi connectivity index (χ4v) is 6.04. The third-order valence-electron chi connectivity index (χ3n) is 5.23. The topological polar surface area (TPSA) is 70.6 Å². The van der Waals surface area contributed by atoms with E-state index in [-0.39, 0.29) is 24.5 Å². The lowest BCUT2D eigenvalue weighted by Gasteiger charge is -2.21. The van der Waals surface area contributed by atoms with E-state index in [1.54, 1.807) is 35.2 Å². The lowest BCUT2D eigenvalue weighted by Crippen LogP contribution is -2.33. The molecule has 0 bridgehead atoms. The SMILES string of the molecule is Cc1cc(C)c2sc(N(CCCN(C)C)C(=O)CCCS(=O)(=O)c3ccccc3)nc2c1. The number of rotatable bonds is 10. The first-order chi connectivity index (χ1) is 15.2. The number of sulfone groups is 1. The first-order valence-corrected chi connectivity index (χ1v) is 13.2. The van der Waals surface area contributed by atoms with Gasteiger partial charge in [0.2, 0.25) is 5.91 Å². The quantitative estimate of drug-likeness (QED) is 0.435. The maximum Gasteiger partial charge on any atom is 0.228 e. The number of aryl methyl sites for hydroxylation is 2. The first kappa shape index (κ1) is 24.4. The van der Waals surface area contributed by atoms with Gasteiger partial charge in [-0.15, -0.1) is 0 Å². The third kappa shape index (κ3) is 6.15. The number of aromatic nitrogens is 1. The molecule has 2 aromatic carbocycles. The van der Waals surface area contributed by atoms with Crippen molar-refractivity contribution < 1.29 is 13.2 Å². The van der Waals surface area contributed by atoms with E-state index in [2.05, 4.69) is 17.9 Å². The molecule has 0 N–H and O–H groups in total. The van der Waals surface area contributed by atoms with Crippen molar-refractivity contribution in [2.75, 3.05) is 37.8 Å². The third-order valence-corrected chi connectivity index (χ3v) is 8.28. The van der Waals surface area contributed by atoms with Crippen molar-refractivity contribution in [3.63, 3.8) is 0 Å². The second-order valence-electron chi connectivity index (χ2n) is 8.36. The Balaban J connectivity index is 1.75. The molecule has 1 heterocycles. The normalized spacial score (nSPS) is 11.9. The van der Waals surface area contributed by atoms with E-state index in [4.69, 9.17) is 4.98 Å². The monoisotopic (exact) mass is 473 g/mol. The molecular weight excluding hydrogens is 442 g/mol. The van der Waals surface area contributed by atoms with Crippen molar-refractivity contribution in [3.05, 3.63) is 53.6 Å². The summed E-state index contributed by atoms with van der Waals surface area (Å²) in [6, 6.07) is 12.6. The molecule has 0 saturated heterocycles. The maximum absolute atomic E-state index is 13.2. The number of nitrogens with zero attached hydrogens (tertiary/aromatic N) is 3. The number of carbonyl (C=O) groups excluding carboxylic acids is 1. The minimum Gasteiger partial charge on any atom is -0.309 e. The van der Waals surface area contributed by atoms with Crippen LogP contribution in [0.3, 0.4) is 0 Å². The average Bonchev–Trinajstić information content (AvgIpc) is 3.15. The van der Waals surface area contributed by atoms with Crippen LogP contribution in [-0.2, 0) is 14.6 Å². The summed E-state index contributed by atoms with van der Waals surface area (Å²) in [5, 5.41) is 0.684. The fourth-order valence-electron chi connectivity index (χ4n) is 3.65. The van der Waals surface area contributed by atoms with Crippen LogP contribution in [0, 0.1) is 13.8 Å². The van der Waals surface area contributed by atoms with E-state index >= 15 is 0 Å². The lowest BCUT2D eigenvalue weighted by molar-refractivity contribution is -0.118. The van der Waals surface area contributed by atoms with Gasteiger partial charge in [-0.25, -0.2) is 13.4 Å². The molecule has 0 spiro atoms. The number of fused-ring (bicyclic) bond motifs is 1. The number of thiazole rings is 1. The van der Waals surface area contributed by atoms with Crippen LogP contribution in [0.4, 0.5) is 5.13 Å². The molecule has 0 aliphatic heterocycles. The van der Waals surface area contributed by atoms with Crippen LogP contribution in [0.2, 0.25) is 0 Å². The minimum absolute atomic E-state index is 0.0492. The van der Waals surface area contributed by atoms with Gasteiger partial charge in [0.05, 0.1) is 20.9 Å². The fraction of sp³-hybridized carbons (Fsp3) is 0.417. The van der Waals surface area contributed by atoms with Crippen LogP contribution in [0.5, 0.6) is 0 Å². The zero-order valence-corrected chi connectivity index (χ0v) is 20.8. The number of anilines is 1. The van der Waals surface area contributed by atoms with Crippen LogP contribution in [-0.4, -0.2) is 57.1 Å². The molecule has 0 aliphatic rings. The molecule has 172 valence electrons. The zero-order chi connectivity index (χ0) is 23.3. The van der Waals surface area contributed by atoms with Crippen LogP contribution in [0.25, 0.3) is 10.2 Å². The van der Waals surface area contributed by atoms with Crippen LogP contribution in [0.15, 0.2) is 47.4 Å². The molecule has 8 heteroatoms. The Morgan fingerprint density at radius 1 is 1.03 bits per heavy atom. The van der Waals surface area contributed by atoms with Gasteiger partial charge in [0, 0.05) is 13.0 Å². The Hall–Kier alpha value is -2.29. The highest BCUT2D eigenvalue weighted by molar-refractivity contribution is 7.91. The molecule has 3 rings (SSSR count). The number of carbonyl (C=O) groups is 1. The maximum atomic E-state index is 13.2. The molecule has 0 atom stereocenters. The largest absolute Gasteiger partial charge is 0.309 e. The number of hydrogen-bond acceptors (Lipinski definition) is 6. The summed E-state index contributed by atoms with van der Waals surface area (Å²) in [5.41, 5.74) is 3.20. The molecule has 0 aliphatic carbocycles. The lowest BCUT2D eigenvalue weighted by atomic mass is 10.1. The Morgan fingerprint density at radius 2 is 1.75 bits per heavy atom. The van der Waals surface area contributed by atoms with Crippen molar-refractivity contribution >= 4 is 42.4 Å².